The average Bonchev–Trinajstić information content (AvgIpc) is 1.64. The molecular formula is C6H16Cl2N2. The van der Waals surface area contributed by atoms with Crippen molar-refractivity contribution >= 4 is 24.8 Å². The minimum Gasteiger partial charge on any atom is -0.327 e. The molecule has 1 saturated heterocycles. The Morgan fingerprint density at radius 3 is 2.30 bits per heavy atom. The lowest BCUT2D eigenvalue weighted by atomic mass is 10.1. The Labute approximate surface area is 75.0 Å². The Morgan fingerprint density at radius 2 is 2.00 bits per heavy atom. The van der Waals surface area contributed by atoms with Crippen molar-refractivity contribution in [3.05, 3.63) is 0 Å². The van der Waals surface area contributed by atoms with E-state index in [1.165, 1.54) is 19.4 Å². The van der Waals surface area contributed by atoms with E-state index < -0.39 is 0 Å². The summed E-state index contributed by atoms with van der Waals surface area (Å²) < 4.78 is 0. The van der Waals surface area contributed by atoms with Gasteiger partial charge in [0.25, 0.3) is 0 Å². The van der Waals surface area contributed by atoms with Crippen LogP contribution in [0.25, 0.3) is 0 Å². The first-order chi connectivity index (χ1) is 3.79. The van der Waals surface area contributed by atoms with Gasteiger partial charge in [-0.2, -0.15) is 0 Å². The zero-order valence-electron chi connectivity index (χ0n) is 6.25. The van der Waals surface area contributed by atoms with Gasteiger partial charge in [0.2, 0.25) is 0 Å². The number of hydrogen-bond acceptors (Lipinski definition) is 2. The van der Waals surface area contributed by atoms with E-state index in [-0.39, 0.29) is 24.8 Å². The molecule has 0 radical (unpaired) electrons. The van der Waals surface area contributed by atoms with E-state index >= 15 is 0 Å². The van der Waals surface area contributed by atoms with Gasteiger partial charge in [-0.1, -0.05) is 0 Å². The first kappa shape index (κ1) is 13.1. The third kappa shape index (κ3) is 4.34. The number of halogens is 2. The zero-order valence-corrected chi connectivity index (χ0v) is 7.88. The van der Waals surface area contributed by atoms with Gasteiger partial charge in [-0.25, -0.2) is 0 Å². The van der Waals surface area contributed by atoms with E-state index in [2.05, 4.69) is 11.9 Å². The molecule has 1 rings (SSSR count). The minimum absolute atomic E-state index is 0. The number of nitrogens with two attached hydrogens (primary N) is 1. The first-order valence-electron chi connectivity index (χ1n) is 3.23. The van der Waals surface area contributed by atoms with Crippen LogP contribution in [0.15, 0.2) is 0 Å². The highest BCUT2D eigenvalue weighted by Gasteiger charge is 2.11. The van der Waals surface area contributed by atoms with Gasteiger partial charge >= 0.3 is 0 Å². The molecule has 10 heavy (non-hydrogen) atoms. The van der Waals surface area contributed by atoms with Crippen molar-refractivity contribution in [3.63, 3.8) is 0 Å². The number of nitrogens with zero attached hydrogens (tertiary/aromatic N) is 1. The monoisotopic (exact) mass is 186 g/mol. The van der Waals surface area contributed by atoms with E-state index in [1.54, 1.807) is 0 Å². The zero-order chi connectivity index (χ0) is 5.98. The molecule has 0 spiro atoms. The summed E-state index contributed by atoms with van der Waals surface area (Å²) >= 11 is 0. The molecule has 0 aromatic heterocycles. The SMILES string of the molecule is CN1CCC[C@H](N)C1.Cl.Cl. The summed E-state index contributed by atoms with van der Waals surface area (Å²) in [5.74, 6) is 0. The van der Waals surface area contributed by atoms with Gasteiger partial charge < -0.3 is 10.6 Å². The van der Waals surface area contributed by atoms with Gasteiger partial charge in [0.15, 0.2) is 0 Å². The lowest BCUT2D eigenvalue weighted by molar-refractivity contribution is 0.252. The van der Waals surface area contributed by atoms with E-state index in [0.29, 0.717) is 6.04 Å². The van der Waals surface area contributed by atoms with E-state index in [1.807, 2.05) is 0 Å². The molecule has 1 fully saturated rings. The molecule has 2 nitrogen and oxygen atoms in total. The fourth-order valence-electron chi connectivity index (χ4n) is 1.21. The van der Waals surface area contributed by atoms with Crippen molar-refractivity contribution in [1.29, 1.82) is 0 Å². The molecule has 0 amide bonds. The van der Waals surface area contributed by atoms with Crippen LogP contribution in [0.5, 0.6) is 0 Å². The van der Waals surface area contributed by atoms with Gasteiger partial charge in [-0.15, -0.1) is 24.8 Å². The van der Waals surface area contributed by atoms with Crippen LogP contribution >= 0.6 is 24.8 Å². The highest BCUT2D eigenvalue weighted by molar-refractivity contribution is 5.85. The van der Waals surface area contributed by atoms with Gasteiger partial charge in [-0.05, 0) is 26.4 Å². The summed E-state index contributed by atoms with van der Waals surface area (Å²) in [4.78, 5) is 2.29. The highest BCUT2D eigenvalue weighted by Crippen LogP contribution is 2.04. The standard InChI is InChI=1S/C6H14N2.2ClH/c1-8-4-2-3-6(7)5-8;;/h6H,2-5,7H2,1H3;2*1H/t6-;;/m0../s1. The predicted octanol–water partition coefficient (Wildman–Crippen LogP) is 0.883. The van der Waals surface area contributed by atoms with Crippen LogP contribution in [0.1, 0.15) is 12.8 Å². The van der Waals surface area contributed by atoms with Crippen LogP contribution in [0, 0.1) is 0 Å². The molecule has 4 heteroatoms. The van der Waals surface area contributed by atoms with Crippen LogP contribution in [0.4, 0.5) is 0 Å². The largest absolute Gasteiger partial charge is 0.327 e. The van der Waals surface area contributed by atoms with Crippen LogP contribution in [-0.2, 0) is 0 Å². The number of likely N-dealkylation sites (N-methyl/N-ethyl adjacent to an activating group) is 1. The first-order valence-corrected chi connectivity index (χ1v) is 3.23. The Bertz CT molecular complexity index is 72.1. The molecule has 64 valence electrons. The number of hydrogen-bond donors (Lipinski definition) is 1. The van der Waals surface area contributed by atoms with Crippen molar-refractivity contribution in [2.75, 3.05) is 20.1 Å². The molecule has 1 atom stereocenters. The van der Waals surface area contributed by atoms with Crippen LogP contribution in [0.3, 0.4) is 0 Å². The summed E-state index contributed by atoms with van der Waals surface area (Å²) in [6.07, 6.45) is 2.49. The molecular weight excluding hydrogens is 171 g/mol. The van der Waals surface area contributed by atoms with E-state index in [4.69, 9.17) is 5.73 Å². The van der Waals surface area contributed by atoms with Crippen molar-refractivity contribution in [1.82, 2.24) is 4.90 Å². The molecule has 0 aromatic carbocycles. The van der Waals surface area contributed by atoms with Crippen molar-refractivity contribution < 1.29 is 0 Å². The van der Waals surface area contributed by atoms with E-state index in [9.17, 15) is 0 Å². The van der Waals surface area contributed by atoms with Crippen molar-refractivity contribution in [2.24, 2.45) is 5.73 Å². The summed E-state index contributed by atoms with van der Waals surface area (Å²) in [5.41, 5.74) is 5.68. The van der Waals surface area contributed by atoms with Gasteiger partial charge in [0.1, 0.15) is 0 Å². The lowest BCUT2D eigenvalue weighted by Crippen LogP contribution is -2.40. The van der Waals surface area contributed by atoms with Gasteiger partial charge in [0, 0.05) is 12.6 Å². The van der Waals surface area contributed by atoms with Crippen LogP contribution in [0.2, 0.25) is 0 Å². The van der Waals surface area contributed by atoms with E-state index in [0.717, 1.165) is 6.54 Å². The second-order valence-electron chi connectivity index (χ2n) is 2.66. The maximum atomic E-state index is 5.68. The molecule has 0 unspecified atom stereocenters. The molecule has 0 saturated carbocycles. The Morgan fingerprint density at radius 1 is 1.40 bits per heavy atom. The quantitative estimate of drug-likeness (QED) is 0.610. The summed E-state index contributed by atoms with van der Waals surface area (Å²) in [7, 11) is 2.12. The number of likely N-dealkylation sites (tertiary alicyclic amines) is 1. The van der Waals surface area contributed by atoms with Gasteiger partial charge in [-0.3, -0.25) is 0 Å². The summed E-state index contributed by atoms with van der Waals surface area (Å²) in [6, 6.07) is 0.439. The molecule has 0 bridgehead atoms. The average molecular weight is 187 g/mol. The molecule has 2 N–H and O–H groups in total. The lowest BCUT2D eigenvalue weighted by Gasteiger charge is -2.26. The summed E-state index contributed by atoms with van der Waals surface area (Å²) in [5, 5.41) is 0. The second kappa shape index (κ2) is 6.23. The third-order valence-corrected chi connectivity index (χ3v) is 1.66. The normalized spacial score (nSPS) is 26.4. The summed E-state index contributed by atoms with van der Waals surface area (Å²) in [6.45, 7) is 2.31. The van der Waals surface area contributed by atoms with Crippen molar-refractivity contribution in [2.45, 2.75) is 18.9 Å². The fourth-order valence-corrected chi connectivity index (χ4v) is 1.21. The number of rotatable bonds is 0. The molecule has 1 aliphatic rings. The fraction of sp³-hybridized carbons (Fsp3) is 1.00. The minimum atomic E-state index is 0. The van der Waals surface area contributed by atoms with Crippen LogP contribution in [-0.4, -0.2) is 31.1 Å². The maximum Gasteiger partial charge on any atom is 0.0168 e. The predicted molar refractivity (Wildman–Crippen MR) is 49.2 cm³/mol. The van der Waals surface area contributed by atoms with Crippen molar-refractivity contribution in [3.8, 4) is 0 Å². The second-order valence-corrected chi connectivity index (χ2v) is 2.66. The highest BCUT2D eigenvalue weighted by atomic mass is 35.5. The number of piperidine rings is 1. The smallest absolute Gasteiger partial charge is 0.0168 e. The molecule has 0 aliphatic carbocycles. The Kier molecular flexibility index (Phi) is 8.17. The molecule has 0 aromatic rings. The maximum absolute atomic E-state index is 5.68. The Hall–Kier alpha value is 0.500. The molecule has 1 aliphatic heterocycles. The van der Waals surface area contributed by atoms with Crippen LogP contribution < -0.4 is 5.73 Å². The molecule has 1 heterocycles. The topological polar surface area (TPSA) is 29.3 Å². The Balaban J connectivity index is 0. The third-order valence-electron chi connectivity index (χ3n) is 1.66. The van der Waals surface area contributed by atoms with Gasteiger partial charge in [0.05, 0.1) is 0 Å².